The number of nitrogens with one attached hydrogen (secondary N) is 1. The maximum Gasteiger partial charge on any atom is 0.248 e. The molecule has 37 heavy (non-hydrogen) atoms. The topological polar surface area (TPSA) is 106 Å². The quantitative estimate of drug-likeness (QED) is 0.352. The van der Waals surface area contributed by atoms with E-state index < -0.39 is 17.8 Å². The lowest BCUT2D eigenvalue weighted by Gasteiger charge is -2.31. The highest BCUT2D eigenvalue weighted by molar-refractivity contribution is 7.10. The van der Waals surface area contributed by atoms with Crippen molar-refractivity contribution in [3.63, 3.8) is 0 Å². The van der Waals surface area contributed by atoms with Gasteiger partial charge in [0.15, 0.2) is 5.76 Å². The van der Waals surface area contributed by atoms with Crippen molar-refractivity contribution in [3.8, 4) is 11.6 Å². The molecular weight excluding hydrogens is 495 g/mol. The summed E-state index contributed by atoms with van der Waals surface area (Å²) in [5.74, 6) is 0.212. The molecule has 1 saturated carbocycles. The highest BCUT2D eigenvalue weighted by Gasteiger charge is 2.34. The van der Waals surface area contributed by atoms with E-state index in [0.29, 0.717) is 22.0 Å². The summed E-state index contributed by atoms with van der Waals surface area (Å²) in [6, 6.07) is 12.5. The van der Waals surface area contributed by atoms with Gasteiger partial charge in [-0.15, -0.1) is 21.5 Å². The maximum atomic E-state index is 14.7. The first-order valence-corrected chi connectivity index (χ1v) is 13.1. The second-order valence-electron chi connectivity index (χ2n) is 9.07. The van der Waals surface area contributed by atoms with Gasteiger partial charge in [-0.25, -0.2) is 4.39 Å². The fourth-order valence-corrected chi connectivity index (χ4v) is 5.37. The standard InChI is InChI=1S/C26H27FN6O3S/c1-17-12-13-21(36-17)25-29-31-33(30-25)16-23(34)32(15-18-7-2-5-10-20(18)27)24(22-11-6-14-37-22)26(35)28-19-8-3-4-9-19/h2,5-7,10-14,19,24H,3-4,8-9,15-16H2,1H3,(H,28,35)/t24-/m0/s1. The van der Waals surface area contributed by atoms with Crippen LogP contribution in [0.2, 0.25) is 0 Å². The number of carbonyl (C=O) groups excluding carboxylic acids is 2. The fraction of sp³-hybridized carbons (Fsp3) is 0.346. The number of hydrogen-bond acceptors (Lipinski definition) is 7. The lowest BCUT2D eigenvalue weighted by atomic mass is 10.1. The molecule has 4 aromatic rings. The number of hydrogen-bond donors (Lipinski definition) is 1. The van der Waals surface area contributed by atoms with Crippen molar-refractivity contribution in [2.75, 3.05) is 0 Å². The third kappa shape index (κ3) is 5.77. The van der Waals surface area contributed by atoms with Gasteiger partial charge in [-0.2, -0.15) is 4.80 Å². The number of halogens is 1. The molecule has 0 radical (unpaired) electrons. The van der Waals surface area contributed by atoms with Crippen LogP contribution in [0, 0.1) is 12.7 Å². The molecule has 0 saturated heterocycles. The Balaban J connectivity index is 1.45. The number of aromatic nitrogens is 4. The first-order valence-electron chi connectivity index (χ1n) is 12.2. The number of thiophene rings is 1. The zero-order valence-electron chi connectivity index (χ0n) is 20.3. The minimum Gasteiger partial charge on any atom is -0.458 e. The van der Waals surface area contributed by atoms with Crippen molar-refractivity contribution in [1.82, 2.24) is 30.4 Å². The van der Waals surface area contributed by atoms with Gasteiger partial charge in [0.2, 0.25) is 17.6 Å². The molecule has 1 N–H and O–H groups in total. The van der Waals surface area contributed by atoms with E-state index in [0.717, 1.165) is 30.5 Å². The smallest absolute Gasteiger partial charge is 0.248 e. The molecule has 1 aromatic carbocycles. The number of benzene rings is 1. The van der Waals surface area contributed by atoms with E-state index in [2.05, 4.69) is 20.7 Å². The summed E-state index contributed by atoms with van der Waals surface area (Å²) in [5, 5.41) is 17.2. The van der Waals surface area contributed by atoms with Gasteiger partial charge in [0.25, 0.3) is 0 Å². The van der Waals surface area contributed by atoms with Crippen LogP contribution in [0.3, 0.4) is 0 Å². The van der Waals surface area contributed by atoms with Gasteiger partial charge in [0.1, 0.15) is 24.2 Å². The summed E-state index contributed by atoms with van der Waals surface area (Å²) in [6.45, 7) is 1.43. The number of rotatable bonds is 9. The molecule has 3 heterocycles. The fourth-order valence-electron chi connectivity index (χ4n) is 4.53. The van der Waals surface area contributed by atoms with Gasteiger partial charge < -0.3 is 14.6 Å². The Morgan fingerprint density at radius 1 is 1.19 bits per heavy atom. The highest BCUT2D eigenvalue weighted by Crippen LogP contribution is 2.29. The number of tetrazole rings is 1. The number of amides is 2. The van der Waals surface area contributed by atoms with E-state index in [1.54, 1.807) is 37.3 Å². The van der Waals surface area contributed by atoms with Gasteiger partial charge in [0.05, 0.1) is 0 Å². The largest absolute Gasteiger partial charge is 0.458 e. The van der Waals surface area contributed by atoms with E-state index in [1.807, 2.05) is 17.5 Å². The molecule has 5 rings (SSSR count). The Morgan fingerprint density at radius 3 is 2.70 bits per heavy atom. The molecule has 1 atom stereocenters. The van der Waals surface area contributed by atoms with Crippen molar-refractivity contribution in [2.45, 2.75) is 57.8 Å². The minimum absolute atomic E-state index is 0.0664. The molecule has 0 aliphatic heterocycles. The SMILES string of the molecule is Cc1ccc(-c2nnn(CC(=O)N(Cc3ccccc3F)[C@H](C(=O)NC3CCCC3)c3cccs3)n2)o1. The molecular formula is C26H27FN6O3S. The molecule has 192 valence electrons. The van der Waals surface area contributed by atoms with Crippen molar-refractivity contribution in [3.05, 3.63) is 75.9 Å². The Hall–Kier alpha value is -3.86. The molecule has 0 bridgehead atoms. The molecule has 3 aromatic heterocycles. The van der Waals surface area contributed by atoms with Crippen molar-refractivity contribution < 1.29 is 18.4 Å². The zero-order chi connectivity index (χ0) is 25.8. The molecule has 0 unspecified atom stereocenters. The van der Waals surface area contributed by atoms with Gasteiger partial charge in [0, 0.05) is 23.0 Å². The van der Waals surface area contributed by atoms with E-state index in [1.165, 1.54) is 22.3 Å². The third-order valence-electron chi connectivity index (χ3n) is 6.38. The van der Waals surface area contributed by atoms with Gasteiger partial charge in [-0.05, 0) is 54.6 Å². The molecule has 0 spiro atoms. The lowest BCUT2D eigenvalue weighted by molar-refractivity contribution is -0.142. The second-order valence-corrected chi connectivity index (χ2v) is 10.1. The van der Waals surface area contributed by atoms with Crippen LogP contribution in [-0.2, 0) is 22.7 Å². The van der Waals surface area contributed by atoms with Crippen LogP contribution < -0.4 is 5.32 Å². The number of aryl methyl sites for hydroxylation is 1. The molecule has 1 aliphatic carbocycles. The molecule has 1 aliphatic rings. The maximum absolute atomic E-state index is 14.7. The first-order chi connectivity index (χ1) is 18.0. The lowest BCUT2D eigenvalue weighted by Crippen LogP contribution is -2.46. The van der Waals surface area contributed by atoms with E-state index >= 15 is 0 Å². The van der Waals surface area contributed by atoms with Crippen LogP contribution in [-0.4, -0.2) is 43.0 Å². The van der Waals surface area contributed by atoms with Crippen molar-refractivity contribution in [1.29, 1.82) is 0 Å². The molecule has 2 amide bonds. The molecule has 9 nitrogen and oxygen atoms in total. The van der Waals surface area contributed by atoms with Crippen molar-refractivity contribution >= 4 is 23.2 Å². The molecule has 1 fully saturated rings. The Labute approximate surface area is 217 Å². The number of carbonyl (C=O) groups is 2. The van der Waals surface area contributed by atoms with Crippen LogP contribution in [0.25, 0.3) is 11.6 Å². The van der Waals surface area contributed by atoms with E-state index in [-0.39, 0.29) is 30.9 Å². The average Bonchev–Trinajstić information content (AvgIpc) is 3.69. The van der Waals surface area contributed by atoms with Gasteiger partial charge >= 0.3 is 0 Å². The van der Waals surface area contributed by atoms with Gasteiger partial charge in [-0.1, -0.05) is 37.1 Å². The summed E-state index contributed by atoms with van der Waals surface area (Å²) in [7, 11) is 0. The van der Waals surface area contributed by atoms with Crippen LogP contribution in [0.15, 0.2) is 58.3 Å². The third-order valence-corrected chi connectivity index (χ3v) is 7.31. The average molecular weight is 523 g/mol. The molecule has 11 heteroatoms. The van der Waals surface area contributed by atoms with E-state index in [9.17, 15) is 14.0 Å². The van der Waals surface area contributed by atoms with Crippen LogP contribution in [0.4, 0.5) is 4.39 Å². The first kappa shape index (κ1) is 24.8. The summed E-state index contributed by atoms with van der Waals surface area (Å²) in [6.07, 6.45) is 3.92. The Bertz CT molecular complexity index is 1360. The normalized spacial score (nSPS) is 14.5. The summed E-state index contributed by atoms with van der Waals surface area (Å²) in [4.78, 5) is 30.6. The van der Waals surface area contributed by atoms with Crippen molar-refractivity contribution in [2.24, 2.45) is 0 Å². The Morgan fingerprint density at radius 2 is 2.00 bits per heavy atom. The Kier molecular flexibility index (Phi) is 7.40. The highest BCUT2D eigenvalue weighted by atomic mass is 32.1. The monoisotopic (exact) mass is 522 g/mol. The van der Waals surface area contributed by atoms with Crippen LogP contribution in [0.1, 0.15) is 47.9 Å². The van der Waals surface area contributed by atoms with E-state index in [4.69, 9.17) is 4.42 Å². The second kappa shape index (κ2) is 11.0. The summed E-state index contributed by atoms with van der Waals surface area (Å²) in [5.41, 5.74) is 0.310. The minimum atomic E-state index is -0.927. The van der Waals surface area contributed by atoms with Crippen LogP contribution in [0.5, 0.6) is 0 Å². The van der Waals surface area contributed by atoms with Gasteiger partial charge in [-0.3, -0.25) is 9.59 Å². The predicted octanol–water partition coefficient (Wildman–Crippen LogP) is 4.27. The van der Waals surface area contributed by atoms with Crippen LogP contribution >= 0.6 is 11.3 Å². The number of furan rings is 1. The summed E-state index contributed by atoms with van der Waals surface area (Å²) >= 11 is 1.38. The number of nitrogens with zero attached hydrogens (tertiary/aromatic N) is 5. The summed E-state index contributed by atoms with van der Waals surface area (Å²) < 4.78 is 20.2. The zero-order valence-corrected chi connectivity index (χ0v) is 21.2. The predicted molar refractivity (Wildman–Crippen MR) is 135 cm³/mol.